The number of aromatic hydroxyl groups is 3. The first kappa shape index (κ1) is 15.2. The molecule has 3 N–H and O–H groups in total. The lowest BCUT2D eigenvalue weighted by atomic mass is 9.90. The van der Waals surface area contributed by atoms with Crippen LogP contribution in [0.5, 0.6) is 17.2 Å². The Morgan fingerprint density at radius 1 is 0.667 bits per heavy atom. The minimum atomic E-state index is -0.466. The van der Waals surface area contributed by atoms with Gasteiger partial charge < -0.3 is 15.3 Å². The van der Waals surface area contributed by atoms with Gasteiger partial charge in [0.1, 0.15) is 0 Å². The molecule has 0 radical (unpaired) electrons. The Labute approximate surface area is 125 Å². The van der Waals surface area contributed by atoms with Crippen molar-refractivity contribution < 1.29 is 15.3 Å². The van der Waals surface area contributed by atoms with Crippen molar-refractivity contribution in [2.45, 2.75) is 40.0 Å². The minimum Gasteiger partial charge on any atom is -0.504 e. The third-order valence-corrected chi connectivity index (χ3v) is 3.99. The summed E-state index contributed by atoms with van der Waals surface area (Å²) >= 11 is 0. The Morgan fingerprint density at radius 3 is 1.81 bits per heavy atom. The van der Waals surface area contributed by atoms with Crippen LogP contribution in [0.1, 0.15) is 37.5 Å². The Hall–Kier alpha value is -2.16. The standard InChI is InChI=1S/C18H22O3/c1-4-11-9-13(6-3)15(10-12(11)5-2)14-7-8-16(19)18(21)17(14)20/h7-10,19-21H,4-6H2,1-3H3. The number of aryl methyl sites for hydroxylation is 3. The van der Waals surface area contributed by atoms with Crippen molar-refractivity contribution in [2.75, 3.05) is 0 Å². The Morgan fingerprint density at radius 2 is 1.24 bits per heavy atom. The zero-order valence-corrected chi connectivity index (χ0v) is 12.8. The molecule has 0 fully saturated rings. The van der Waals surface area contributed by atoms with Gasteiger partial charge in [0, 0.05) is 5.56 Å². The second-order valence-corrected chi connectivity index (χ2v) is 5.17. The van der Waals surface area contributed by atoms with Crippen molar-refractivity contribution >= 4 is 0 Å². The van der Waals surface area contributed by atoms with Gasteiger partial charge >= 0.3 is 0 Å². The van der Waals surface area contributed by atoms with Gasteiger partial charge in [0.25, 0.3) is 0 Å². The first-order valence-electron chi connectivity index (χ1n) is 7.42. The van der Waals surface area contributed by atoms with Gasteiger partial charge in [-0.1, -0.05) is 32.9 Å². The molecule has 3 heteroatoms. The maximum absolute atomic E-state index is 10.1. The monoisotopic (exact) mass is 286 g/mol. The van der Waals surface area contributed by atoms with Gasteiger partial charge in [0.2, 0.25) is 5.75 Å². The molecule has 112 valence electrons. The summed E-state index contributed by atoms with van der Waals surface area (Å²) in [5, 5.41) is 29.3. The number of hydrogen-bond donors (Lipinski definition) is 3. The summed E-state index contributed by atoms with van der Waals surface area (Å²) in [6.07, 6.45) is 2.74. The zero-order valence-electron chi connectivity index (χ0n) is 12.8. The molecule has 21 heavy (non-hydrogen) atoms. The predicted octanol–water partition coefficient (Wildman–Crippen LogP) is 4.16. The highest BCUT2D eigenvalue weighted by Crippen LogP contribution is 2.43. The van der Waals surface area contributed by atoms with E-state index in [2.05, 4.69) is 32.9 Å². The van der Waals surface area contributed by atoms with Crippen LogP contribution < -0.4 is 0 Å². The number of hydrogen-bond acceptors (Lipinski definition) is 3. The molecule has 3 nitrogen and oxygen atoms in total. The van der Waals surface area contributed by atoms with Crippen molar-refractivity contribution in [1.82, 2.24) is 0 Å². The summed E-state index contributed by atoms with van der Waals surface area (Å²) in [6.45, 7) is 6.32. The average Bonchev–Trinajstić information content (AvgIpc) is 2.51. The molecule has 0 spiro atoms. The number of rotatable bonds is 4. The Balaban J connectivity index is 2.71. The lowest BCUT2D eigenvalue weighted by Gasteiger charge is -2.16. The molecule has 0 atom stereocenters. The molecule has 0 aliphatic carbocycles. The van der Waals surface area contributed by atoms with Crippen LogP contribution in [-0.2, 0) is 19.3 Å². The van der Waals surface area contributed by atoms with Crippen LogP contribution in [0, 0.1) is 0 Å². The van der Waals surface area contributed by atoms with Crippen molar-refractivity contribution in [3.63, 3.8) is 0 Å². The van der Waals surface area contributed by atoms with E-state index in [4.69, 9.17) is 0 Å². The molecule has 0 saturated carbocycles. The Kier molecular flexibility index (Phi) is 4.41. The number of phenolic OH excluding ortho intramolecular Hbond substituents is 3. The van der Waals surface area contributed by atoms with E-state index < -0.39 is 5.75 Å². The first-order chi connectivity index (χ1) is 10.0. The molecule has 2 aromatic rings. The van der Waals surface area contributed by atoms with E-state index in [1.54, 1.807) is 6.07 Å². The van der Waals surface area contributed by atoms with Crippen LogP contribution in [0.25, 0.3) is 11.1 Å². The van der Waals surface area contributed by atoms with Gasteiger partial charge in [-0.2, -0.15) is 0 Å². The SMILES string of the molecule is CCc1cc(CC)c(-c2ccc(O)c(O)c2O)cc1CC. The second kappa shape index (κ2) is 6.08. The third-order valence-electron chi connectivity index (χ3n) is 3.99. The van der Waals surface area contributed by atoms with Crippen LogP contribution >= 0.6 is 0 Å². The van der Waals surface area contributed by atoms with Crippen molar-refractivity contribution in [1.29, 1.82) is 0 Å². The van der Waals surface area contributed by atoms with Crippen LogP contribution in [-0.4, -0.2) is 15.3 Å². The summed E-state index contributed by atoms with van der Waals surface area (Å²) in [6, 6.07) is 7.31. The molecule has 2 aromatic carbocycles. The normalized spacial score (nSPS) is 10.8. The summed E-state index contributed by atoms with van der Waals surface area (Å²) in [7, 11) is 0. The van der Waals surface area contributed by atoms with Crippen molar-refractivity contribution in [2.24, 2.45) is 0 Å². The smallest absolute Gasteiger partial charge is 0.200 e. The van der Waals surface area contributed by atoms with Gasteiger partial charge in [-0.3, -0.25) is 0 Å². The second-order valence-electron chi connectivity index (χ2n) is 5.17. The molecule has 0 saturated heterocycles. The largest absolute Gasteiger partial charge is 0.504 e. The molecule has 0 aliphatic rings. The third kappa shape index (κ3) is 2.68. The Bertz CT molecular complexity index is 660. The van der Waals surface area contributed by atoms with E-state index in [0.717, 1.165) is 30.4 Å². The fourth-order valence-corrected chi connectivity index (χ4v) is 2.73. The fourth-order valence-electron chi connectivity index (χ4n) is 2.73. The van der Waals surface area contributed by atoms with Crippen LogP contribution in [0.4, 0.5) is 0 Å². The molecule has 0 bridgehead atoms. The maximum Gasteiger partial charge on any atom is 0.200 e. The molecular formula is C18H22O3. The van der Waals surface area contributed by atoms with E-state index in [1.807, 2.05) is 0 Å². The van der Waals surface area contributed by atoms with Crippen LogP contribution in [0.3, 0.4) is 0 Å². The highest BCUT2D eigenvalue weighted by molar-refractivity contribution is 5.78. The summed E-state index contributed by atoms with van der Waals surface area (Å²) in [5.41, 5.74) is 5.17. The molecule has 2 rings (SSSR count). The lowest BCUT2D eigenvalue weighted by molar-refractivity contribution is 0.369. The zero-order chi connectivity index (χ0) is 15.6. The van der Waals surface area contributed by atoms with E-state index in [0.29, 0.717) is 5.56 Å². The molecule has 0 amide bonds. The number of phenols is 3. The number of benzene rings is 2. The van der Waals surface area contributed by atoms with Gasteiger partial charge in [-0.15, -0.1) is 0 Å². The van der Waals surface area contributed by atoms with E-state index in [-0.39, 0.29) is 11.5 Å². The van der Waals surface area contributed by atoms with Crippen molar-refractivity contribution in [3.05, 3.63) is 41.0 Å². The topological polar surface area (TPSA) is 60.7 Å². The summed E-state index contributed by atoms with van der Waals surface area (Å²) in [5.74, 6) is -1.04. The minimum absolute atomic E-state index is 0.268. The highest BCUT2D eigenvalue weighted by Gasteiger charge is 2.16. The maximum atomic E-state index is 10.1. The van der Waals surface area contributed by atoms with Crippen LogP contribution in [0.2, 0.25) is 0 Å². The van der Waals surface area contributed by atoms with Crippen LogP contribution in [0.15, 0.2) is 24.3 Å². The predicted molar refractivity (Wildman–Crippen MR) is 85.0 cm³/mol. The lowest BCUT2D eigenvalue weighted by Crippen LogP contribution is -1.97. The van der Waals surface area contributed by atoms with Gasteiger partial charge in [0.15, 0.2) is 11.5 Å². The summed E-state index contributed by atoms with van der Waals surface area (Å²) < 4.78 is 0. The molecule has 0 aromatic heterocycles. The van der Waals surface area contributed by atoms with E-state index >= 15 is 0 Å². The molecule has 0 unspecified atom stereocenters. The van der Waals surface area contributed by atoms with E-state index in [1.165, 1.54) is 17.2 Å². The van der Waals surface area contributed by atoms with Crippen molar-refractivity contribution in [3.8, 4) is 28.4 Å². The average molecular weight is 286 g/mol. The quantitative estimate of drug-likeness (QED) is 0.740. The highest BCUT2D eigenvalue weighted by atomic mass is 16.3. The molecule has 0 aliphatic heterocycles. The van der Waals surface area contributed by atoms with Gasteiger partial charge in [0.05, 0.1) is 0 Å². The molecule has 0 heterocycles. The van der Waals surface area contributed by atoms with Gasteiger partial charge in [-0.05, 0) is 53.6 Å². The van der Waals surface area contributed by atoms with Gasteiger partial charge in [-0.25, -0.2) is 0 Å². The first-order valence-corrected chi connectivity index (χ1v) is 7.42. The van der Waals surface area contributed by atoms with E-state index in [9.17, 15) is 15.3 Å². The fraction of sp³-hybridized carbons (Fsp3) is 0.333. The molecular weight excluding hydrogens is 264 g/mol. The summed E-state index contributed by atoms with van der Waals surface area (Å²) in [4.78, 5) is 0.